The number of hydrogen-bond donors (Lipinski definition) is 0. The highest BCUT2D eigenvalue weighted by Crippen LogP contribution is 2.29. The summed E-state index contributed by atoms with van der Waals surface area (Å²) in [5.74, 6) is 0. The van der Waals surface area contributed by atoms with E-state index in [4.69, 9.17) is 9.98 Å². The average molecular weight is 324 g/mol. The maximum atomic E-state index is 5.15. The van der Waals surface area contributed by atoms with Gasteiger partial charge >= 0.3 is 0 Å². The van der Waals surface area contributed by atoms with Gasteiger partial charge in [0, 0.05) is 11.1 Å². The lowest BCUT2D eigenvalue weighted by atomic mass is 9.93. The Bertz CT molecular complexity index is 897. The lowest BCUT2D eigenvalue weighted by Gasteiger charge is -2.26. The molecule has 4 rings (SSSR count). The molecular weight excluding hydrogens is 304 g/mol. The van der Waals surface area contributed by atoms with Gasteiger partial charge in [-0.2, -0.15) is 0 Å². The summed E-state index contributed by atoms with van der Waals surface area (Å²) >= 11 is 0. The largest absolute Gasteiger partial charge is 0.277 e. The zero-order chi connectivity index (χ0) is 17.1. The predicted octanol–water partition coefficient (Wildman–Crippen LogP) is 5.11. The van der Waals surface area contributed by atoms with Crippen molar-refractivity contribution in [2.45, 2.75) is 19.0 Å². The Labute approximate surface area is 148 Å². The van der Waals surface area contributed by atoms with E-state index in [0.29, 0.717) is 0 Å². The fourth-order valence-corrected chi connectivity index (χ4v) is 3.26. The molecule has 25 heavy (non-hydrogen) atoms. The third-order valence-electron chi connectivity index (χ3n) is 4.52. The number of hydrogen-bond acceptors (Lipinski definition) is 2. The Morgan fingerprint density at radius 1 is 0.560 bits per heavy atom. The highest BCUT2D eigenvalue weighted by molar-refractivity contribution is 6.53. The van der Waals surface area contributed by atoms with Gasteiger partial charge in [-0.3, -0.25) is 9.98 Å². The van der Waals surface area contributed by atoms with Crippen LogP contribution in [0, 0.1) is 0 Å². The number of aliphatic imine (C=N–C) groups is 2. The SMILES string of the molecule is CC1N=C(c2ccccc2)C(c2ccccc2)=NC1c1ccccc1. The van der Waals surface area contributed by atoms with E-state index in [1.165, 1.54) is 5.56 Å². The monoisotopic (exact) mass is 324 g/mol. The molecule has 2 heteroatoms. The summed E-state index contributed by atoms with van der Waals surface area (Å²) in [4.78, 5) is 10.2. The first-order chi connectivity index (χ1) is 12.3. The molecule has 1 aliphatic rings. The molecule has 2 nitrogen and oxygen atoms in total. The smallest absolute Gasteiger partial charge is 0.0978 e. The molecule has 0 fully saturated rings. The third-order valence-corrected chi connectivity index (χ3v) is 4.52. The first-order valence-corrected chi connectivity index (χ1v) is 8.65. The molecule has 0 amide bonds. The van der Waals surface area contributed by atoms with Gasteiger partial charge in [0.1, 0.15) is 0 Å². The maximum absolute atomic E-state index is 5.15. The van der Waals surface area contributed by atoms with Gasteiger partial charge in [0.15, 0.2) is 0 Å². The van der Waals surface area contributed by atoms with Crippen molar-refractivity contribution in [3.63, 3.8) is 0 Å². The fraction of sp³-hybridized carbons (Fsp3) is 0.130. The summed E-state index contributed by atoms with van der Waals surface area (Å²) in [5.41, 5.74) is 5.38. The molecule has 1 aliphatic heterocycles. The highest BCUT2D eigenvalue weighted by atomic mass is 15.0. The first kappa shape index (κ1) is 15.5. The van der Waals surface area contributed by atoms with Crippen LogP contribution in [-0.4, -0.2) is 17.5 Å². The van der Waals surface area contributed by atoms with Gasteiger partial charge < -0.3 is 0 Å². The molecule has 2 atom stereocenters. The minimum atomic E-state index is 0.0452. The van der Waals surface area contributed by atoms with Crippen molar-refractivity contribution in [2.24, 2.45) is 9.98 Å². The second-order valence-corrected chi connectivity index (χ2v) is 6.28. The van der Waals surface area contributed by atoms with Crippen LogP contribution in [0.1, 0.15) is 29.7 Å². The molecule has 0 aliphatic carbocycles. The maximum Gasteiger partial charge on any atom is 0.0978 e. The lowest BCUT2D eigenvalue weighted by molar-refractivity contribution is 0.589. The van der Waals surface area contributed by atoms with Gasteiger partial charge in [0.2, 0.25) is 0 Å². The van der Waals surface area contributed by atoms with Crippen LogP contribution in [0.25, 0.3) is 0 Å². The molecular formula is C23H20N2. The van der Waals surface area contributed by atoms with Crippen LogP contribution in [0.3, 0.4) is 0 Å². The van der Waals surface area contributed by atoms with Gasteiger partial charge in [-0.1, -0.05) is 91.0 Å². The molecule has 0 bridgehead atoms. The zero-order valence-electron chi connectivity index (χ0n) is 14.2. The van der Waals surface area contributed by atoms with Crippen LogP contribution in [-0.2, 0) is 0 Å². The van der Waals surface area contributed by atoms with Gasteiger partial charge in [-0.15, -0.1) is 0 Å². The third kappa shape index (κ3) is 3.16. The Morgan fingerprint density at radius 2 is 1.00 bits per heavy atom. The molecule has 0 spiro atoms. The molecule has 0 N–H and O–H groups in total. The van der Waals surface area contributed by atoms with Crippen LogP contribution in [0.4, 0.5) is 0 Å². The normalized spacial score (nSPS) is 19.9. The predicted molar refractivity (Wildman–Crippen MR) is 105 cm³/mol. The second kappa shape index (κ2) is 6.86. The Balaban J connectivity index is 1.84. The minimum absolute atomic E-state index is 0.0452. The van der Waals surface area contributed by atoms with Gasteiger partial charge in [-0.05, 0) is 12.5 Å². The van der Waals surface area contributed by atoms with Crippen LogP contribution in [0.2, 0.25) is 0 Å². The van der Waals surface area contributed by atoms with E-state index in [2.05, 4.69) is 79.7 Å². The Hall–Kier alpha value is -3.00. The van der Waals surface area contributed by atoms with E-state index < -0.39 is 0 Å². The van der Waals surface area contributed by atoms with E-state index in [9.17, 15) is 0 Å². The summed E-state index contributed by atoms with van der Waals surface area (Å²) < 4.78 is 0. The van der Waals surface area contributed by atoms with Crippen molar-refractivity contribution < 1.29 is 0 Å². The fourth-order valence-electron chi connectivity index (χ4n) is 3.26. The molecule has 0 radical (unpaired) electrons. The summed E-state index contributed by atoms with van der Waals surface area (Å²) in [6.07, 6.45) is 0. The first-order valence-electron chi connectivity index (χ1n) is 8.65. The average Bonchev–Trinajstić information content (AvgIpc) is 2.70. The molecule has 0 aromatic heterocycles. The molecule has 122 valence electrons. The topological polar surface area (TPSA) is 24.7 Å². The van der Waals surface area contributed by atoms with Crippen molar-refractivity contribution in [3.8, 4) is 0 Å². The van der Waals surface area contributed by atoms with Crippen molar-refractivity contribution in [2.75, 3.05) is 0 Å². The standard InChI is InChI=1S/C23H20N2/c1-17-21(18-11-5-2-6-12-18)25-23(20-15-9-4-10-16-20)22(24-17)19-13-7-3-8-14-19/h2-17,21H,1H3. The van der Waals surface area contributed by atoms with Crippen molar-refractivity contribution >= 4 is 11.4 Å². The van der Waals surface area contributed by atoms with Crippen molar-refractivity contribution in [3.05, 3.63) is 108 Å². The van der Waals surface area contributed by atoms with E-state index in [1.54, 1.807) is 0 Å². The lowest BCUT2D eigenvalue weighted by Crippen LogP contribution is -2.28. The van der Waals surface area contributed by atoms with E-state index >= 15 is 0 Å². The van der Waals surface area contributed by atoms with E-state index in [1.807, 2.05) is 18.2 Å². The van der Waals surface area contributed by atoms with Crippen molar-refractivity contribution in [1.29, 1.82) is 0 Å². The van der Waals surface area contributed by atoms with Crippen LogP contribution in [0.15, 0.2) is 101 Å². The Morgan fingerprint density at radius 3 is 1.52 bits per heavy atom. The summed E-state index contributed by atoms with van der Waals surface area (Å²) in [5, 5.41) is 0. The summed E-state index contributed by atoms with van der Waals surface area (Å²) in [6, 6.07) is 31.3. The zero-order valence-corrected chi connectivity index (χ0v) is 14.2. The second-order valence-electron chi connectivity index (χ2n) is 6.28. The molecule has 3 aromatic carbocycles. The highest BCUT2D eigenvalue weighted by Gasteiger charge is 2.27. The molecule has 2 unspecified atom stereocenters. The molecule has 0 saturated heterocycles. The van der Waals surface area contributed by atoms with Gasteiger partial charge in [0.25, 0.3) is 0 Å². The van der Waals surface area contributed by atoms with Gasteiger partial charge in [0.05, 0.1) is 23.5 Å². The van der Waals surface area contributed by atoms with Gasteiger partial charge in [-0.25, -0.2) is 0 Å². The summed E-state index contributed by atoms with van der Waals surface area (Å²) in [7, 11) is 0. The number of benzene rings is 3. The number of nitrogens with zero attached hydrogens (tertiary/aromatic N) is 2. The van der Waals surface area contributed by atoms with Crippen molar-refractivity contribution in [1.82, 2.24) is 0 Å². The summed E-state index contributed by atoms with van der Waals surface area (Å²) in [6.45, 7) is 2.14. The quantitative estimate of drug-likeness (QED) is 0.640. The van der Waals surface area contributed by atoms with Crippen LogP contribution < -0.4 is 0 Å². The molecule has 3 aromatic rings. The minimum Gasteiger partial charge on any atom is -0.277 e. The van der Waals surface area contributed by atoms with E-state index in [0.717, 1.165) is 22.6 Å². The van der Waals surface area contributed by atoms with E-state index in [-0.39, 0.29) is 12.1 Å². The number of rotatable bonds is 3. The Kier molecular flexibility index (Phi) is 4.26. The molecule has 0 saturated carbocycles. The van der Waals surface area contributed by atoms with Crippen LogP contribution in [0.5, 0.6) is 0 Å². The van der Waals surface area contributed by atoms with Crippen LogP contribution >= 0.6 is 0 Å². The molecule has 1 heterocycles.